The zero-order chi connectivity index (χ0) is 19.0. The number of ether oxygens (including phenoxy) is 1. The van der Waals surface area contributed by atoms with Gasteiger partial charge in [-0.3, -0.25) is 19.8 Å². The van der Waals surface area contributed by atoms with Crippen molar-refractivity contribution < 1.29 is 23.9 Å². The van der Waals surface area contributed by atoms with Crippen molar-refractivity contribution in [3.63, 3.8) is 0 Å². The van der Waals surface area contributed by atoms with Gasteiger partial charge >= 0.3 is 12.1 Å². The zero-order valence-corrected chi connectivity index (χ0v) is 14.7. The van der Waals surface area contributed by atoms with Crippen molar-refractivity contribution >= 4 is 29.6 Å². The third kappa shape index (κ3) is 3.32. The predicted octanol–water partition coefficient (Wildman–Crippen LogP) is 0.800. The van der Waals surface area contributed by atoms with Gasteiger partial charge in [-0.15, -0.1) is 0 Å². The highest BCUT2D eigenvalue weighted by Gasteiger charge is 2.33. The molecule has 0 bridgehead atoms. The number of hydrogen-bond acceptors (Lipinski definition) is 5. The van der Waals surface area contributed by atoms with Gasteiger partial charge in [0, 0.05) is 30.4 Å². The molecule has 4 rings (SSSR count). The van der Waals surface area contributed by atoms with E-state index in [0.717, 1.165) is 12.8 Å². The number of cyclic esters (lactones) is 1. The molecule has 3 aliphatic heterocycles. The van der Waals surface area contributed by atoms with Crippen molar-refractivity contribution in [3.05, 3.63) is 29.8 Å². The minimum atomic E-state index is -0.457. The average molecular weight is 372 g/mol. The van der Waals surface area contributed by atoms with Crippen molar-refractivity contribution in [2.24, 2.45) is 0 Å². The lowest BCUT2D eigenvalue weighted by atomic mass is 10.0. The van der Waals surface area contributed by atoms with E-state index in [1.54, 1.807) is 34.1 Å². The van der Waals surface area contributed by atoms with Gasteiger partial charge in [-0.25, -0.2) is 9.59 Å². The van der Waals surface area contributed by atoms with Gasteiger partial charge in [0.2, 0.25) is 5.91 Å². The molecule has 3 heterocycles. The molecule has 9 heteroatoms. The Kier molecular flexibility index (Phi) is 4.43. The van der Waals surface area contributed by atoms with Crippen LogP contribution in [0.3, 0.4) is 0 Å². The topological polar surface area (TPSA) is 99.3 Å². The Morgan fingerprint density at radius 2 is 1.74 bits per heavy atom. The number of piperidine rings is 1. The van der Waals surface area contributed by atoms with E-state index in [1.807, 2.05) is 0 Å². The SMILES string of the molecule is O=C1CN(c2ccc(C(=O)N3CCC(N4CCOC4=O)CC3)cc2)C(=O)N1. The molecule has 5 amide bonds. The molecule has 0 saturated carbocycles. The highest BCUT2D eigenvalue weighted by Crippen LogP contribution is 2.23. The van der Waals surface area contributed by atoms with Crippen LogP contribution in [0, 0.1) is 0 Å². The maximum absolute atomic E-state index is 12.7. The van der Waals surface area contributed by atoms with E-state index in [-0.39, 0.29) is 30.5 Å². The van der Waals surface area contributed by atoms with Gasteiger partial charge in [-0.05, 0) is 37.1 Å². The van der Waals surface area contributed by atoms with Crippen LogP contribution in [-0.2, 0) is 9.53 Å². The van der Waals surface area contributed by atoms with Crippen LogP contribution in [0.5, 0.6) is 0 Å². The van der Waals surface area contributed by atoms with Gasteiger partial charge in [0.05, 0.1) is 6.54 Å². The third-order valence-corrected chi connectivity index (χ3v) is 5.20. The summed E-state index contributed by atoms with van der Waals surface area (Å²) < 4.78 is 4.98. The number of nitrogens with zero attached hydrogens (tertiary/aromatic N) is 3. The van der Waals surface area contributed by atoms with E-state index in [9.17, 15) is 19.2 Å². The Hall–Kier alpha value is -3.10. The molecule has 142 valence electrons. The first-order valence-electron chi connectivity index (χ1n) is 8.97. The first-order chi connectivity index (χ1) is 13.0. The van der Waals surface area contributed by atoms with E-state index in [1.165, 1.54) is 4.90 Å². The van der Waals surface area contributed by atoms with Gasteiger partial charge in [0.1, 0.15) is 13.2 Å². The molecular weight excluding hydrogens is 352 g/mol. The second kappa shape index (κ2) is 6.90. The number of urea groups is 1. The number of hydrogen-bond donors (Lipinski definition) is 1. The first kappa shape index (κ1) is 17.3. The molecule has 9 nitrogen and oxygen atoms in total. The number of nitrogens with one attached hydrogen (secondary N) is 1. The monoisotopic (exact) mass is 372 g/mol. The summed E-state index contributed by atoms with van der Waals surface area (Å²) in [5, 5.41) is 2.22. The number of rotatable bonds is 3. The molecule has 3 fully saturated rings. The minimum absolute atomic E-state index is 0.0153. The summed E-state index contributed by atoms with van der Waals surface area (Å²) in [5.41, 5.74) is 1.10. The summed E-state index contributed by atoms with van der Waals surface area (Å²) >= 11 is 0. The summed E-state index contributed by atoms with van der Waals surface area (Å²) in [6.45, 7) is 2.20. The van der Waals surface area contributed by atoms with Crippen LogP contribution in [0.25, 0.3) is 0 Å². The van der Waals surface area contributed by atoms with Crippen molar-refractivity contribution in [2.45, 2.75) is 18.9 Å². The molecule has 1 N–H and O–H groups in total. The summed E-state index contributed by atoms with van der Waals surface area (Å²) in [7, 11) is 0. The molecule has 0 aromatic heterocycles. The molecule has 0 unspecified atom stereocenters. The summed E-state index contributed by atoms with van der Waals surface area (Å²) in [4.78, 5) is 52.2. The van der Waals surface area contributed by atoms with Crippen LogP contribution in [0.4, 0.5) is 15.3 Å². The van der Waals surface area contributed by atoms with Gasteiger partial charge in [0.25, 0.3) is 5.91 Å². The lowest BCUT2D eigenvalue weighted by molar-refractivity contribution is -0.117. The van der Waals surface area contributed by atoms with Gasteiger partial charge in [-0.2, -0.15) is 0 Å². The van der Waals surface area contributed by atoms with Crippen LogP contribution in [0.2, 0.25) is 0 Å². The van der Waals surface area contributed by atoms with Crippen molar-refractivity contribution in [1.82, 2.24) is 15.1 Å². The fraction of sp³-hybridized carbons (Fsp3) is 0.444. The van der Waals surface area contributed by atoms with Crippen molar-refractivity contribution in [1.29, 1.82) is 0 Å². The maximum atomic E-state index is 12.7. The number of imide groups is 1. The Morgan fingerprint density at radius 3 is 2.30 bits per heavy atom. The number of carbonyl (C=O) groups is 4. The summed E-state index contributed by atoms with van der Waals surface area (Å²) in [6, 6.07) is 6.32. The molecule has 0 spiro atoms. The second-order valence-electron chi connectivity index (χ2n) is 6.82. The number of carbonyl (C=O) groups excluding carboxylic acids is 4. The quantitative estimate of drug-likeness (QED) is 0.791. The van der Waals surface area contributed by atoms with E-state index < -0.39 is 6.03 Å². The lowest BCUT2D eigenvalue weighted by Crippen LogP contribution is -2.47. The maximum Gasteiger partial charge on any atom is 0.410 e. The van der Waals surface area contributed by atoms with Crippen molar-refractivity contribution in [2.75, 3.05) is 37.7 Å². The van der Waals surface area contributed by atoms with Crippen LogP contribution < -0.4 is 10.2 Å². The Balaban J connectivity index is 1.37. The second-order valence-corrected chi connectivity index (χ2v) is 6.82. The Bertz CT molecular complexity index is 785. The fourth-order valence-electron chi connectivity index (χ4n) is 3.73. The van der Waals surface area contributed by atoms with Crippen LogP contribution in [0.15, 0.2) is 24.3 Å². The van der Waals surface area contributed by atoms with Gasteiger partial charge < -0.3 is 14.5 Å². The molecule has 27 heavy (non-hydrogen) atoms. The largest absolute Gasteiger partial charge is 0.448 e. The molecular formula is C18H20N4O5. The number of likely N-dealkylation sites (tertiary alicyclic amines) is 1. The van der Waals surface area contributed by atoms with E-state index >= 15 is 0 Å². The van der Waals surface area contributed by atoms with Crippen LogP contribution in [-0.4, -0.2) is 72.6 Å². The Labute approximate surface area is 155 Å². The number of amides is 5. The first-order valence-corrected chi connectivity index (χ1v) is 8.97. The molecule has 0 atom stereocenters. The molecule has 0 radical (unpaired) electrons. The molecule has 0 aliphatic carbocycles. The highest BCUT2D eigenvalue weighted by molar-refractivity contribution is 6.12. The average Bonchev–Trinajstić information content (AvgIpc) is 3.26. The summed E-state index contributed by atoms with van der Waals surface area (Å²) in [6.07, 6.45) is 1.20. The fourth-order valence-corrected chi connectivity index (χ4v) is 3.73. The molecule has 1 aromatic rings. The van der Waals surface area contributed by atoms with E-state index in [4.69, 9.17) is 4.74 Å². The number of benzene rings is 1. The minimum Gasteiger partial charge on any atom is -0.448 e. The predicted molar refractivity (Wildman–Crippen MR) is 94.3 cm³/mol. The van der Waals surface area contributed by atoms with Crippen LogP contribution >= 0.6 is 0 Å². The molecule has 3 aliphatic rings. The van der Waals surface area contributed by atoms with E-state index in [0.29, 0.717) is 37.5 Å². The Morgan fingerprint density at radius 1 is 1.04 bits per heavy atom. The van der Waals surface area contributed by atoms with Crippen LogP contribution in [0.1, 0.15) is 23.2 Å². The third-order valence-electron chi connectivity index (χ3n) is 5.20. The molecule has 3 saturated heterocycles. The normalized spacial score (nSPS) is 20.9. The smallest absolute Gasteiger partial charge is 0.410 e. The highest BCUT2D eigenvalue weighted by atomic mass is 16.6. The number of anilines is 1. The van der Waals surface area contributed by atoms with Gasteiger partial charge in [0.15, 0.2) is 0 Å². The standard InChI is InChI=1S/C18H20N4O5/c23-15-11-22(17(25)19-15)13-3-1-12(2-4-13)16(24)20-7-5-14(6-8-20)21-9-10-27-18(21)26/h1-4,14H,5-11H2,(H,19,23,25). The lowest BCUT2D eigenvalue weighted by Gasteiger charge is -2.35. The zero-order valence-electron chi connectivity index (χ0n) is 14.7. The summed E-state index contributed by atoms with van der Waals surface area (Å²) in [5.74, 6) is -0.421. The van der Waals surface area contributed by atoms with Crippen molar-refractivity contribution in [3.8, 4) is 0 Å². The van der Waals surface area contributed by atoms with E-state index in [2.05, 4.69) is 5.32 Å². The molecule has 1 aromatic carbocycles. The van der Waals surface area contributed by atoms with Gasteiger partial charge in [-0.1, -0.05) is 0 Å².